The van der Waals surface area contributed by atoms with Gasteiger partial charge in [0.25, 0.3) is 0 Å². The van der Waals surface area contributed by atoms with Crippen LogP contribution in [0.2, 0.25) is 0 Å². The van der Waals surface area contributed by atoms with E-state index in [0.29, 0.717) is 12.0 Å². The maximum Gasteiger partial charge on any atom is 0.410 e. The first kappa shape index (κ1) is 12.7. The molecule has 98 valence electrons. The Kier molecular flexibility index (Phi) is 3.34. The van der Waals surface area contributed by atoms with Gasteiger partial charge < -0.3 is 14.5 Å². The van der Waals surface area contributed by atoms with Crippen LogP contribution in [0.4, 0.5) is 4.79 Å². The first-order valence-corrected chi connectivity index (χ1v) is 6.55. The van der Waals surface area contributed by atoms with Crippen LogP contribution < -0.4 is 0 Å². The number of carbonyl (C=O) groups excluding carboxylic acids is 1. The van der Waals surface area contributed by atoms with Crippen LogP contribution in [-0.2, 0) is 4.74 Å². The summed E-state index contributed by atoms with van der Waals surface area (Å²) in [5.41, 5.74) is -0.393. The van der Waals surface area contributed by atoms with Crippen LogP contribution in [-0.4, -0.2) is 54.2 Å². The second kappa shape index (κ2) is 4.48. The van der Waals surface area contributed by atoms with E-state index in [4.69, 9.17) is 4.74 Å². The lowest BCUT2D eigenvalue weighted by atomic mass is 9.92. The molecule has 2 rings (SSSR count). The third kappa shape index (κ3) is 2.92. The maximum absolute atomic E-state index is 12.1. The molecule has 2 aliphatic heterocycles. The first-order valence-electron chi connectivity index (χ1n) is 6.55. The van der Waals surface area contributed by atoms with Crippen LogP contribution in [0.5, 0.6) is 0 Å². The number of likely N-dealkylation sites (N-methyl/N-ethyl adjacent to an activating group) is 1. The van der Waals surface area contributed by atoms with Gasteiger partial charge in [0.15, 0.2) is 0 Å². The number of ether oxygens (including phenoxy) is 1. The largest absolute Gasteiger partial charge is 0.444 e. The van der Waals surface area contributed by atoms with Crippen LogP contribution >= 0.6 is 0 Å². The van der Waals surface area contributed by atoms with Gasteiger partial charge >= 0.3 is 6.09 Å². The van der Waals surface area contributed by atoms with Gasteiger partial charge in [0.05, 0.1) is 6.04 Å². The molecule has 4 nitrogen and oxygen atoms in total. The molecule has 2 aliphatic rings. The second-order valence-electron chi connectivity index (χ2n) is 6.34. The Morgan fingerprint density at radius 3 is 2.53 bits per heavy atom. The molecule has 2 atom stereocenters. The second-order valence-corrected chi connectivity index (χ2v) is 6.34. The summed E-state index contributed by atoms with van der Waals surface area (Å²) in [6, 6.07) is 0.364. The highest BCUT2D eigenvalue weighted by molar-refractivity contribution is 5.69. The SMILES string of the molecule is CN1CC[C@@H]2CCN(C(=O)OC(C)(C)C)[C@@H]2C1. The summed E-state index contributed by atoms with van der Waals surface area (Å²) in [5.74, 6) is 0.679. The van der Waals surface area contributed by atoms with Gasteiger partial charge in [0.1, 0.15) is 5.60 Å². The molecular weight excluding hydrogens is 216 g/mol. The van der Waals surface area contributed by atoms with E-state index in [1.54, 1.807) is 0 Å². The Balaban J connectivity index is 1.99. The Morgan fingerprint density at radius 1 is 1.24 bits per heavy atom. The zero-order valence-corrected chi connectivity index (χ0v) is 11.4. The van der Waals surface area contributed by atoms with Crippen molar-refractivity contribution in [3.8, 4) is 0 Å². The molecule has 0 aromatic rings. The monoisotopic (exact) mass is 240 g/mol. The van der Waals surface area contributed by atoms with Crippen molar-refractivity contribution >= 4 is 6.09 Å². The molecule has 4 heteroatoms. The number of amides is 1. The quantitative estimate of drug-likeness (QED) is 0.649. The van der Waals surface area contributed by atoms with E-state index in [1.165, 1.54) is 6.42 Å². The average Bonchev–Trinajstić information content (AvgIpc) is 2.57. The van der Waals surface area contributed by atoms with Crippen molar-refractivity contribution in [3.05, 3.63) is 0 Å². The normalized spacial score (nSPS) is 30.2. The molecule has 0 aromatic carbocycles. The molecule has 2 fully saturated rings. The van der Waals surface area contributed by atoms with E-state index in [-0.39, 0.29) is 6.09 Å². The highest BCUT2D eigenvalue weighted by Crippen LogP contribution is 2.32. The molecule has 0 N–H and O–H groups in total. The number of hydrogen-bond acceptors (Lipinski definition) is 3. The summed E-state index contributed by atoms with van der Waals surface area (Å²) < 4.78 is 5.47. The minimum absolute atomic E-state index is 0.139. The van der Waals surface area contributed by atoms with Gasteiger partial charge in [-0.05, 0) is 53.1 Å². The van der Waals surface area contributed by atoms with Crippen LogP contribution in [0.25, 0.3) is 0 Å². The summed E-state index contributed by atoms with van der Waals surface area (Å²) in [7, 11) is 2.13. The van der Waals surface area contributed by atoms with Gasteiger partial charge in [0, 0.05) is 13.1 Å². The summed E-state index contributed by atoms with van der Waals surface area (Å²) in [6.45, 7) is 8.77. The van der Waals surface area contributed by atoms with Crippen LogP contribution in [0.1, 0.15) is 33.6 Å². The van der Waals surface area contributed by atoms with E-state index in [0.717, 1.165) is 26.1 Å². The van der Waals surface area contributed by atoms with Crippen molar-refractivity contribution < 1.29 is 9.53 Å². The number of nitrogens with zero attached hydrogens (tertiary/aromatic N) is 2. The van der Waals surface area contributed by atoms with Gasteiger partial charge in [-0.3, -0.25) is 0 Å². The predicted molar refractivity (Wildman–Crippen MR) is 66.9 cm³/mol. The molecule has 0 radical (unpaired) electrons. The lowest BCUT2D eigenvalue weighted by Crippen LogP contribution is -2.49. The van der Waals surface area contributed by atoms with E-state index in [1.807, 2.05) is 25.7 Å². The van der Waals surface area contributed by atoms with Crippen molar-refractivity contribution in [1.82, 2.24) is 9.80 Å². The predicted octanol–water partition coefficient (Wildman–Crippen LogP) is 1.95. The molecular formula is C13H24N2O2. The summed E-state index contributed by atoms with van der Waals surface area (Å²) >= 11 is 0. The zero-order valence-electron chi connectivity index (χ0n) is 11.4. The molecule has 1 amide bonds. The van der Waals surface area contributed by atoms with Crippen LogP contribution in [0.15, 0.2) is 0 Å². The molecule has 2 heterocycles. The maximum atomic E-state index is 12.1. The number of piperidine rings is 1. The fourth-order valence-electron chi connectivity index (χ4n) is 2.85. The zero-order chi connectivity index (χ0) is 12.6. The van der Waals surface area contributed by atoms with Gasteiger partial charge in [-0.1, -0.05) is 0 Å². The van der Waals surface area contributed by atoms with Gasteiger partial charge in [-0.25, -0.2) is 4.79 Å². The molecule has 0 aromatic heterocycles. The van der Waals surface area contributed by atoms with Crippen molar-refractivity contribution in [2.24, 2.45) is 5.92 Å². The van der Waals surface area contributed by atoms with Crippen molar-refractivity contribution in [2.75, 3.05) is 26.7 Å². The number of likely N-dealkylation sites (tertiary alicyclic amines) is 2. The Bertz CT molecular complexity index is 298. The summed E-state index contributed by atoms with van der Waals surface area (Å²) in [4.78, 5) is 16.4. The van der Waals surface area contributed by atoms with Crippen LogP contribution in [0, 0.1) is 5.92 Å². The van der Waals surface area contributed by atoms with Crippen molar-refractivity contribution in [1.29, 1.82) is 0 Å². The molecule has 0 saturated carbocycles. The molecule has 0 unspecified atom stereocenters. The van der Waals surface area contributed by atoms with Crippen LogP contribution in [0.3, 0.4) is 0 Å². The fraction of sp³-hybridized carbons (Fsp3) is 0.923. The minimum atomic E-state index is -0.393. The van der Waals surface area contributed by atoms with E-state index in [9.17, 15) is 4.79 Å². The van der Waals surface area contributed by atoms with Crippen molar-refractivity contribution in [2.45, 2.75) is 45.3 Å². The highest BCUT2D eigenvalue weighted by Gasteiger charge is 2.41. The molecule has 0 aliphatic carbocycles. The minimum Gasteiger partial charge on any atom is -0.444 e. The fourth-order valence-corrected chi connectivity index (χ4v) is 2.85. The third-order valence-electron chi connectivity index (χ3n) is 3.69. The van der Waals surface area contributed by atoms with Crippen molar-refractivity contribution in [3.63, 3.8) is 0 Å². The topological polar surface area (TPSA) is 32.8 Å². The summed E-state index contributed by atoms with van der Waals surface area (Å²) in [6.07, 6.45) is 2.21. The van der Waals surface area contributed by atoms with E-state index in [2.05, 4.69) is 11.9 Å². The molecule has 17 heavy (non-hydrogen) atoms. The Labute approximate surface area is 104 Å². The number of rotatable bonds is 0. The van der Waals surface area contributed by atoms with Gasteiger partial charge in [-0.2, -0.15) is 0 Å². The lowest BCUT2D eigenvalue weighted by Gasteiger charge is -2.37. The number of carbonyl (C=O) groups is 1. The first-order chi connectivity index (χ1) is 7.87. The molecule has 0 bridgehead atoms. The van der Waals surface area contributed by atoms with E-state index < -0.39 is 5.60 Å². The van der Waals surface area contributed by atoms with Gasteiger partial charge in [0.2, 0.25) is 0 Å². The smallest absolute Gasteiger partial charge is 0.410 e. The Morgan fingerprint density at radius 2 is 1.88 bits per heavy atom. The molecule has 2 saturated heterocycles. The number of fused-ring (bicyclic) bond motifs is 1. The highest BCUT2D eigenvalue weighted by atomic mass is 16.6. The molecule has 0 spiro atoms. The van der Waals surface area contributed by atoms with E-state index >= 15 is 0 Å². The Hall–Kier alpha value is -0.770. The average molecular weight is 240 g/mol. The summed E-state index contributed by atoms with van der Waals surface area (Å²) in [5, 5.41) is 0. The third-order valence-corrected chi connectivity index (χ3v) is 3.69. The lowest BCUT2D eigenvalue weighted by molar-refractivity contribution is 0.0143. The standard InChI is InChI=1S/C13H24N2O2/c1-13(2,3)17-12(16)15-8-6-10-5-7-14(4)9-11(10)15/h10-11H,5-9H2,1-4H3/t10-,11-/m1/s1. The van der Waals surface area contributed by atoms with Gasteiger partial charge in [-0.15, -0.1) is 0 Å². The number of hydrogen-bond donors (Lipinski definition) is 0.